The standard InChI is InChI=1S/C20H25NO2S/c1-20(2,3)16-9-5-15(6-10-16)19(23)21-13-18(22)14-7-11-17(24-4)12-8-14/h5-12,18,22H,13H2,1-4H3,(H,21,23). The van der Waals surface area contributed by atoms with Crippen molar-refractivity contribution in [3.05, 3.63) is 65.2 Å². The van der Waals surface area contributed by atoms with Gasteiger partial charge in [0.15, 0.2) is 0 Å². The summed E-state index contributed by atoms with van der Waals surface area (Å²) in [6.07, 6.45) is 1.30. The summed E-state index contributed by atoms with van der Waals surface area (Å²) in [5.41, 5.74) is 2.66. The third kappa shape index (κ3) is 4.86. The van der Waals surface area contributed by atoms with E-state index in [-0.39, 0.29) is 17.9 Å². The predicted molar refractivity (Wildman–Crippen MR) is 101 cm³/mol. The van der Waals surface area contributed by atoms with E-state index in [0.29, 0.717) is 5.56 Å². The van der Waals surface area contributed by atoms with Crippen LogP contribution in [0.5, 0.6) is 0 Å². The summed E-state index contributed by atoms with van der Waals surface area (Å²) in [6, 6.07) is 15.3. The summed E-state index contributed by atoms with van der Waals surface area (Å²) in [7, 11) is 0. The summed E-state index contributed by atoms with van der Waals surface area (Å²) in [5.74, 6) is -0.171. The van der Waals surface area contributed by atoms with Crippen molar-refractivity contribution in [3.63, 3.8) is 0 Å². The van der Waals surface area contributed by atoms with Crippen LogP contribution in [0.25, 0.3) is 0 Å². The van der Waals surface area contributed by atoms with Crippen molar-refractivity contribution >= 4 is 17.7 Å². The molecule has 24 heavy (non-hydrogen) atoms. The molecule has 1 unspecified atom stereocenters. The molecule has 0 aliphatic carbocycles. The second-order valence-electron chi connectivity index (χ2n) is 6.83. The molecule has 0 fully saturated rings. The first-order valence-electron chi connectivity index (χ1n) is 8.02. The van der Waals surface area contributed by atoms with E-state index in [9.17, 15) is 9.90 Å². The van der Waals surface area contributed by atoms with Gasteiger partial charge in [-0.1, -0.05) is 45.0 Å². The number of aliphatic hydroxyl groups is 1. The highest BCUT2D eigenvalue weighted by atomic mass is 32.2. The van der Waals surface area contributed by atoms with Crippen LogP contribution in [0.1, 0.15) is 48.4 Å². The Balaban J connectivity index is 1.94. The van der Waals surface area contributed by atoms with Crippen molar-refractivity contribution in [1.82, 2.24) is 5.32 Å². The Morgan fingerprint density at radius 2 is 1.67 bits per heavy atom. The van der Waals surface area contributed by atoms with Crippen LogP contribution in [0.3, 0.4) is 0 Å². The molecule has 128 valence electrons. The SMILES string of the molecule is CSc1ccc(C(O)CNC(=O)c2ccc(C(C)(C)C)cc2)cc1. The topological polar surface area (TPSA) is 49.3 Å². The average molecular weight is 343 g/mol. The molecule has 0 aliphatic heterocycles. The van der Waals surface area contributed by atoms with Crippen molar-refractivity contribution in [1.29, 1.82) is 0 Å². The summed E-state index contributed by atoms with van der Waals surface area (Å²) >= 11 is 1.66. The van der Waals surface area contributed by atoms with E-state index >= 15 is 0 Å². The summed E-state index contributed by atoms with van der Waals surface area (Å²) < 4.78 is 0. The van der Waals surface area contributed by atoms with Gasteiger partial charge in [0.05, 0.1) is 6.10 Å². The number of amides is 1. The molecule has 4 heteroatoms. The lowest BCUT2D eigenvalue weighted by Crippen LogP contribution is -2.28. The maximum atomic E-state index is 12.2. The molecule has 0 saturated carbocycles. The Hall–Kier alpha value is -1.78. The van der Waals surface area contributed by atoms with Crippen LogP contribution < -0.4 is 5.32 Å². The van der Waals surface area contributed by atoms with E-state index in [1.807, 2.05) is 54.8 Å². The molecule has 1 atom stereocenters. The second-order valence-corrected chi connectivity index (χ2v) is 7.71. The fourth-order valence-corrected chi connectivity index (χ4v) is 2.77. The normalized spacial score (nSPS) is 12.7. The van der Waals surface area contributed by atoms with Crippen LogP contribution in [0, 0.1) is 0 Å². The van der Waals surface area contributed by atoms with Gasteiger partial charge < -0.3 is 10.4 Å². The molecule has 0 aliphatic rings. The van der Waals surface area contributed by atoms with E-state index in [1.54, 1.807) is 11.8 Å². The maximum absolute atomic E-state index is 12.2. The average Bonchev–Trinajstić information content (AvgIpc) is 2.58. The fraction of sp³-hybridized carbons (Fsp3) is 0.350. The van der Waals surface area contributed by atoms with Crippen LogP contribution in [0.2, 0.25) is 0 Å². The number of hydrogen-bond acceptors (Lipinski definition) is 3. The number of nitrogens with one attached hydrogen (secondary N) is 1. The minimum atomic E-state index is -0.710. The Bertz CT molecular complexity index is 672. The largest absolute Gasteiger partial charge is 0.387 e. The van der Waals surface area contributed by atoms with Crippen LogP contribution in [-0.2, 0) is 5.41 Å². The molecule has 0 heterocycles. The molecule has 0 saturated heterocycles. The molecular formula is C20H25NO2S. The fourth-order valence-electron chi connectivity index (χ4n) is 2.36. The first-order valence-corrected chi connectivity index (χ1v) is 9.24. The quantitative estimate of drug-likeness (QED) is 0.801. The second kappa shape index (κ2) is 7.86. The van der Waals surface area contributed by atoms with Gasteiger partial charge in [-0.15, -0.1) is 11.8 Å². The minimum Gasteiger partial charge on any atom is -0.387 e. The number of benzene rings is 2. The van der Waals surface area contributed by atoms with Crippen molar-refractivity contribution in [2.75, 3.05) is 12.8 Å². The van der Waals surface area contributed by atoms with E-state index in [1.165, 1.54) is 5.56 Å². The monoisotopic (exact) mass is 343 g/mol. The summed E-state index contributed by atoms with van der Waals surface area (Å²) in [6.45, 7) is 6.61. The lowest BCUT2D eigenvalue weighted by atomic mass is 9.87. The number of thioether (sulfide) groups is 1. The Morgan fingerprint density at radius 3 is 2.17 bits per heavy atom. The highest BCUT2D eigenvalue weighted by Gasteiger charge is 2.15. The van der Waals surface area contributed by atoms with Gasteiger partial charge >= 0.3 is 0 Å². The molecule has 1 amide bonds. The van der Waals surface area contributed by atoms with Crippen LogP contribution in [0.15, 0.2) is 53.4 Å². The molecule has 0 bridgehead atoms. The van der Waals surface area contributed by atoms with Gasteiger partial charge in [-0.2, -0.15) is 0 Å². The number of hydrogen-bond donors (Lipinski definition) is 2. The lowest BCUT2D eigenvalue weighted by molar-refractivity contribution is 0.0916. The number of aliphatic hydroxyl groups excluding tert-OH is 1. The van der Waals surface area contributed by atoms with E-state index in [0.717, 1.165) is 10.5 Å². The third-order valence-electron chi connectivity index (χ3n) is 3.97. The van der Waals surface area contributed by atoms with Gasteiger partial charge in [0.25, 0.3) is 5.91 Å². The van der Waals surface area contributed by atoms with Crippen molar-refractivity contribution in [3.8, 4) is 0 Å². The molecule has 2 aromatic rings. The molecule has 3 nitrogen and oxygen atoms in total. The minimum absolute atomic E-state index is 0.0636. The van der Waals surface area contributed by atoms with E-state index in [2.05, 4.69) is 26.1 Å². The molecule has 2 rings (SSSR count). The zero-order valence-corrected chi connectivity index (χ0v) is 15.5. The van der Waals surface area contributed by atoms with Gasteiger partial charge in [0.2, 0.25) is 0 Å². The van der Waals surface area contributed by atoms with Crippen LogP contribution >= 0.6 is 11.8 Å². The Labute approximate surface area is 148 Å². The zero-order chi connectivity index (χ0) is 17.7. The van der Waals surface area contributed by atoms with Crippen molar-refractivity contribution in [2.45, 2.75) is 37.2 Å². The molecular weight excluding hydrogens is 318 g/mol. The Kier molecular flexibility index (Phi) is 6.08. The summed E-state index contributed by atoms with van der Waals surface area (Å²) in [5, 5.41) is 13.0. The first kappa shape index (κ1) is 18.6. The van der Waals surface area contributed by atoms with E-state index in [4.69, 9.17) is 0 Å². The van der Waals surface area contributed by atoms with Crippen molar-refractivity contribution in [2.24, 2.45) is 0 Å². The number of carbonyl (C=O) groups is 1. The lowest BCUT2D eigenvalue weighted by Gasteiger charge is -2.19. The highest BCUT2D eigenvalue weighted by Crippen LogP contribution is 2.22. The van der Waals surface area contributed by atoms with Gasteiger partial charge in [0, 0.05) is 17.0 Å². The van der Waals surface area contributed by atoms with E-state index < -0.39 is 6.10 Å². The molecule has 0 aromatic heterocycles. The van der Waals surface area contributed by atoms with Gasteiger partial charge in [-0.3, -0.25) is 4.79 Å². The van der Waals surface area contributed by atoms with Crippen LogP contribution in [-0.4, -0.2) is 23.8 Å². The summed E-state index contributed by atoms with van der Waals surface area (Å²) in [4.78, 5) is 13.4. The first-order chi connectivity index (χ1) is 11.3. The number of carbonyl (C=O) groups excluding carboxylic acids is 1. The van der Waals surface area contributed by atoms with Gasteiger partial charge in [-0.25, -0.2) is 0 Å². The third-order valence-corrected chi connectivity index (χ3v) is 4.71. The molecule has 2 N–H and O–H groups in total. The van der Waals surface area contributed by atoms with Gasteiger partial charge in [-0.05, 0) is 47.1 Å². The molecule has 0 spiro atoms. The Morgan fingerprint density at radius 1 is 1.08 bits per heavy atom. The number of rotatable bonds is 5. The molecule has 2 aromatic carbocycles. The van der Waals surface area contributed by atoms with Gasteiger partial charge in [0.1, 0.15) is 0 Å². The van der Waals surface area contributed by atoms with Crippen LogP contribution in [0.4, 0.5) is 0 Å². The predicted octanol–water partition coefficient (Wildman–Crippen LogP) is 4.17. The zero-order valence-electron chi connectivity index (χ0n) is 14.7. The highest BCUT2D eigenvalue weighted by molar-refractivity contribution is 7.98. The smallest absolute Gasteiger partial charge is 0.251 e. The van der Waals surface area contributed by atoms with Crippen molar-refractivity contribution < 1.29 is 9.90 Å². The molecule has 0 radical (unpaired) electrons. The maximum Gasteiger partial charge on any atom is 0.251 e.